The molecule has 0 radical (unpaired) electrons. The van der Waals surface area contributed by atoms with E-state index in [1.165, 1.54) is 12.1 Å². The van der Waals surface area contributed by atoms with E-state index in [2.05, 4.69) is 0 Å². The maximum atomic E-state index is 13.9. The van der Waals surface area contributed by atoms with Crippen LogP contribution < -0.4 is 4.74 Å². The summed E-state index contributed by atoms with van der Waals surface area (Å²) in [5.41, 5.74) is 1.70. The Morgan fingerprint density at radius 1 is 1.20 bits per heavy atom. The second-order valence-electron chi connectivity index (χ2n) is 4.83. The summed E-state index contributed by atoms with van der Waals surface area (Å²) in [7, 11) is 0. The monoisotopic (exact) mass is 292 g/mol. The minimum atomic E-state index is -1.13. The summed E-state index contributed by atoms with van der Waals surface area (Å²) in [4.78, 5) is 0. The average Bonchev–Trinajstić information content (AvgIpc) is 2.46. The lowest BCUT2D eigenvalue weighted by Crippen LogP contribution is -2.13. The van der Waals surface area contributed by atoms with Gasteiger partial charge in [0.25, 0.3) is 0 Å². The number of aryl methyl sites for hydroxylation is 1. The van der Waals surface area contributed by atoms with Gasteiger partial charge in [-0.3, -0.25) is 0 Å². The molecule has 1 heterocycles. The predicted octanol–water partition coefficient (Wildman–Crippen LogP) is 3.89. The van der Waals surface area contributed by atoms with Crippen LogP contribution in [0.15, 0.2) is 36.4 Å². The highest BCUT2D eigenvalue weighted by atomic mass is 35.5. The summed E-state index contributed by atoms with van der Waals surface area (Å²) >= 11 is 6.02. The van der Waals surface area contributed by atoms with Crippen molar-refractivity contribution in [3.8, 4) is 5.75 Å². The van der Waals surface area contributed by atoms with E-state index in [0.29, 0.717) is 17.9 Å². The molecule has 0 fully saturated rings. The first-order chi connectivity index (χ1) is 9.68. The molecule has 3 rings (SSSR count). The SMILES string of the molecule is OC(c1cccc2c1OCCC2)c1c(F)cccc1Cl. The lowest BCUT2D eigenvalue weighted by Gasteiger charge is -2.23. The Bertz CT molecular complexity index is 622. The van der Waals surface area contributed by atoms with E-state index in [-0.39, 0.29) is 10.6 Å². The number of para-hydroxylation sites is 1. The first kappa shape index (κ1) is 13.4. The summed E-state index contributed by atoms with van der Waals surface area (Å²) < 4.78 is 19.6. The van der Waals surface area contributed by atoms with Gasteiger partial charge in [-0.05, 0) is 30.5 Å². The molecule has 2 aromatic carbocycles. The van der Waals surface area contributed by atoms with Gasteiger partial charge < -0.3 is 9.84 Å². The molecule has 0 aliphatic carbocycles. The van der Waals surface area contributed by atoms with E-state index < -0.39 is 11.9 Å². The predicted molar refractivity (Wildman–Crippen MR) is 75.7 cm³/mol. The van der Waals surface area contributed by atoms with Crippen molar-refractivity contribution in [2.24, 2.45) is 0 Å². The molecule has 0 spiro atoms. The van der Waals surface area contributed by atoms with Gasteiger partial charge in [-0.2, -0.15) is 0 Å². The molecule has 0 saturated carbocycles. The van der Waals surface area contributed by atoms with Crippen LogP contribution in [-0.4, -0.2) is 11.7 Å². The maximum Gasteiger partial charge on any atom is 0.130 e. The zero-order valence-electron chi connectivity index (χ0n) is 10.8. The molecule has 0 amide bonds. The standard InChI is InChI=1S/C16H14ClFO2/c17-12-7-2-8-13(18)14(12)15(19)11-6-1-4-10-5-3-9-20-16(10)11/h1-2,4,6-8,15,19H,3,5,9H2. The molecule has 2 aromatic rings. The third-order valence-corrected chi connectivity index (χ3v) is 3.86. The third-order valence-electron chi connectivity index (χ3n) is 3.53. The van der Waals surface area contributed by atoms with Gasteiger partial charge in [-0.25, -0.2) is 4.39 Å². The molecule has 4 heteroatoms. The average molecular weight is 293 g/mol. The molecule has 2 nitrogen and oxygen atoms in total. The van der Waals surface area contributed by atoms with Crippen molar-refractivity contribution >= 4 is 11.6 Å². The number of aliphatic hydroxyl groups excluding tert-OH is 1. The number of rotatable bonds is 2. The first-order valence-corrected chi connectivity index (χ1v) is 6.93. The number of aliphatic hydroxyl groups is 1. The van der Waals surface area contributed by atoms with Crippen LogP contribution in [0, 0.1) is 5.82 Å². The van der Waals surface area contributed by atoms with Gasteiger partial charge >= 0.3 is 0 Å². The molecule has 1 N–H and O–H groups in total. The van der Waals surface area contributed by atoms with Gasteiger partial charge in [0.2, 0.25) is 0 Å². The molecule has 1 aliphatic heterocycles. The highest BCUT2D eigenvalue weighted by molar-refractivity contribution is 6.31. The highest BCUT2D eigenvalue weighted by Crippen LogP contribution is 2.38. The van der Waals surface area contributed by atoms with Crippen LogP contribution in [-0.2, 0) is 6.42 Å². The quantitative estimate of drug-likeness (QED) is 0.910. The Morgan fingerprint density at radius 2 is 2.00 bits per heavy atom. The van der Waals surface area contributed by atoms with Crippen molar-refractivity contribution in [1.82, 2.24) is 0 Å². The topological polar surface area (TPSA) is 29.5 Å². The Morgan fingerprint density at radius 3 is 2.80 bits per heavy atom. The van der Waals surface area contributed by atoms with E-state index in [1.54, 1.807) is 12.1 Å². The van der Waals surface area contributed by atoms with Gasteiger partial charge in [0.1, 0.15) is 17.7 Å². The van der Waals surface area contributed by atoms with Crippen molar-refractivity contribution in [3.05, 3.63) is 63.9 Å². The van der Waals surface area contributed by atoms with Crippen LogP contribution in [0.1, 0.15) is 29.2 Å². The van der Waals surface area contributed by atoms with Crippen LogP contribution in [0.2, 0.25) is 5.02 Å². The zero-order chi connectivity index (χ0) is 14.1. The fourth-order valence-electron chi connectivity index (χ4n) is 2.56. The van der Waals surface area contributed by atoms with Gasteiger partial charge in [0.05, 0.1) is 6.61 Å². The van der Waals surface area contributed by atoms with Crippen LogP contribution in [0.4, 0.5) is 4.39 Å². The van der Waals surface area contributed by atoms with Crippen molar-refractivity contribution in [2.45, 2.75) is 18.9 Å². The van der Waals surface area contributed by atoms with E-state index in [0.717, 1.165) is 18.4 Å². The Labute approximate surface area is 121 Å². The highest BCUT2D eigenvalue weighted by Gasteiger charge is 2.24. The smallest absolute Gasteiger partial charge is 0.130 e. The van der Waals surface area contributed by atoms with Crippen molar-refractivity contribution in [2.75, 3.05) is 6.61 Å². The number of halogens is 2. The summed E-state index contributed by atoms with van der Waals surface area (Å²) in [6.45, 7) is 0.613. The lowest BCUT2D eigenvalue weighted by atomic mass is 9.95. The van der Waals surface area contributed by atoms with Gasteiger partial charge in [0, 0.05) is 16.1 Å². The van der Waals surface area contributed by atoms with Crippen molar-refractivity contribution < 1.29 is 14.2 Å². The van der Waals surface area contributed by atoms with Crippen molar-refractivity contribution in [3.63, 3.8) is 0 Å². The second kappa shape index (κ2) is 5.43. The third kappa shape index (κ3) is 2.28. The van der Waals surface area contributed by atoms with Gasteiger partial charge in [-0.15, -0.1) is 0 Å². The summed E-state index contributed by atoms with van der Waals surface area (Å²) in [6.07, 6.45) is 0.727. The molecule has 104 valence electrons. The summed E-state index contributed by atoms with van der Waals surface area (Å²) in [6, 6.07) is 9.94. The van der Waals surface area contributed by atoms with Crippen LogP contribution in [0.25, 0.3) is 0 Å². The van der Waals surface area contributed by atoms with E-state index in [9.17, 15) is 9.50 Å². The fraction of sp³-hybridized carbons (Fsp3) is 0.250. The van der Waals surface area contributed by atoms with Crippen LogP contribution >= 0.6 is 11.6 Å². The van der Waals surface area contributed by atoms with E-state index >= 15 is 0 Å². The van der Waals surface area contributed by atoms with E-state index in [1.807, 2.05) is 12.1 Å². The minimum Gasteiger partial charge on any atom is -0.493 e. The van der Waals surface area contributed by atoms with Crippen LogP contribution in [0.5, 0.6) is 5.75 Å². The second-order valence-corrected chi connectivity index (χ2v) is 5.23. The molecule has 0 bridgehead atoms. The lowest BCUT2D eigenvalue weighted by molar-refractivity contribution is 0.202. The van der Waals surface area contributed by atoms with Gasteiger partial charge in [-0.1, -0.05) is 35.9 Å². The largest absolute Gasteiger partial charge is 0.493 e. The molecule has 1 unspecified atom stereocenters. The molecular weight excluding hydrogens is 279 g/mol. The van der Waals surface area contributed by atoms with Crippen LogP contribution in [0.3, 0.4) is 0 Å². The minimum absolute atomic E-state index is 0.0942. The van der Waals surface area contributed by atoms with Gasteiger partial charge in [0.15, 0.2) is 0 Å². The van der Waals surface area contributed by atoms with Crippen molar-refractivity contribution in [1.29, 1.82) is 0 Å². The summed E-state index contributed by atoms with van der Waals surface area (Å²) in [5.74, 6) is 0.143. The number of hydrogen-bond acceptors (Lipinski definition) is 2. The Balaban J connectivity index is 2.09. The number of benzene rings is 2. The number of hydrogen-bond donors (Lipinski definition) is 1. The Kier molecular flexibility index (Phi) is 3.64. The maximum absolute atomic E-state index is 13.9. The first-order valence-electron chi connectivity index (χ1n) is 6.55. The Hall–Kier alpha value is -1.58. The molecule has 0 aromatic heterocycles. The fourth-order valence-corrected chi connectivity index (χ4v) is 2.82. The summed E-state index contributed by atoms with van der Waals surface area (Å²) in [5, 5.41) is 10.7. The number of ether oxygens (including phenoxy) is 1. The molecule has 20 heavy (non-hydrogen) atoms. The molecule has 0 saturated heterocycles. The number of fused-ring (bicyclic) bond motifs is 1. The zero-order valence-corrected chi connectivity index (χ0v) is 11.5. The molecule has 1 aliphatic rings. The normalized spacial score (nSPS) is 15.3. The molecular formula is C16H14ClFO2. The molecule has 1 atom stereocenters. The van der Waals surface area contributed by atoms with E-state index in [4.69, 9.17) is 16.3 Å².